The molecule has 1 fully saturated rings. The number of hydrogen-bond donors (Lipinski definition) is 1. The lowest BCUT2D eigenvalue weighted by atomic mass is 10.0. The van der Waals surface area contributed by atoms with E-state index in [1.807, 2.05) is 48.3 Å². The zero-order chi connectivity index (χ0) is 17.5. The summed E-state index contributed by atoms with van der Waals surface area (Å²) in [7, 11) is 1.97. The summed E-state index contributed by atoms with van der Waals surface area (Å²) in [6.07, 6.45) is 5.23. The van der Waals surface area contributed by atoms with Gasteiger partial charge in [0, 0.05) is 38.8 Å². The van der Waals surface area contributed by atoms with E-state index in [0.717, 1.165) is 37.8 Å². The average Bonchev–Trinajstić information content (AvgIpc) is 3.27. The van der Waals surface area contributed by atoms with E-state index >= 15 is 0 Å². The molecule has 2 heterocycles. The van der Waals surface area contributed by atoms with Crippen molar-refractivity contribution in [2.45, 2.75) is 19.3 Å². The van der Waals surface area contributed by atoms with Crippen LogP contribution in [0.15, 0.2) is 47.7 Å². The Morgan fingerprint density at radius 3 is 2.85 bits per heavy atom. The number of nitrogens with zero attached hydrogens (tertiary/aromatic N) is 4. The second-order valence-corrected chi connectivity index (χ2v) is 6.28. The number of halogens is 1. The van der Waals surface area contributed by atoms with Crippen LogP contribution in [0.25, 0.3) is 0 Å². The molecule has 26 heavy (non-hydrogen) atoms. The van der Waals surface area contributed by atoms with E-state index in [1.54, 1.807) is 0 Å². The highest BCUT2D eigenvalue weighted by atomic mass is 127. The molecule has 1 atom stereocenters. The number of likely N-dealkylation sites (tertiary alicyclic amines) is 1. The van der Waals surface area contributed by atoms with Crippen molar-refractivity contribution in [3.63, 3.8) is 0 Å². The predicted octanol–water partition coefficient (Wildman–Crippen LogP) is 2.87. The SMILES string of the molecule is CCNC(=NCCOc1ccccc1)N1CCC(c2cnn(C)c2)C1.I. The second-order valence-electron chi connectivity index (χ2n) is 6.28. The number of aliphatic imine (C=N–C) groups is 1. The number of benzene rings is 1. The van der Waals surface area contributed by atoms with E-state index in [0.29, 0.717) is 19.1 Å². The second kappa shape index (κ2) is 10.4. The minimum Gasteiger partial charge on any atom is -0.492 e. The van der Waals surface area contributed by atoms with Gasteiger partial charge in [-0.15, -0.1) is 24.0 Å². The van der Waals surface area contributed by atoms with Gasteiger partial charge in [-0.3, -0.25) is 4.68 Å². The maximum atomic E-state index is 5.73. The molecule has 7 heteroatoms. The van der Waals surface area contributed by atoms with E-state index < -0.39 is 0 Å². The van der Waals surface area contributed by atoms with Crippen molar-refractivity contribution in [2.75, 3.05) is 32.8 Å². The van der Waals surface area contributed by atoms with Crippen LogP contribution in [-0.2, 0) is 7.05 Å². The van der Waals surface area contributed by atoms with Crippen LogP contribution in [0, 0.1) is 0 Å². The third kappa shape index (κ3) is 5.62. The zero-order valence-electron chi connectivity index (χ0n) is 15.5. The number of hydrogen-bond acceptors (Lipinski definition) is 3. The summed E-state index contributed by atoms with van der Waals surface area (Å²) in [5.74, 6) is 2.39. The van der Waals surface area contributed by atoms with Gasteiger partial charge in [-0.2, -0.15) is 5.10 Å². The molecule has 1 aliphatic rings. The van der Waals surface area contributed by atoms with Gasteiger partial charge in [-0.25, -0.2) is 4.99 Å². The Hall–Kier alpha value is -1.77. The first-order valence-electron chi connectivity index (χ1n) is 8.96. The Bertz CT molecular complexity index is 688. The van der Waals surface area contributed by atoms with Gasteiger partial charge in [0.15, 0.2) is 5.96 Å². The smallest absolute Gasteiger partial charge is 0.194 e. The van der Waals surface area contributed by atoms with Crippen molar-refractivity contribution in [1.82, 2.24) is 20.0 Å². The first-order valence-corrected chi connectivity index (χ1v) is 8.96. The third-order valence-corrected chi connectivity index (χ3v) is 4.38. The van der Waals surface area contributed by atoms with Crippen molar-refractivity contribution in [2.24, 2.45) is 12.0 Å². The number of aryl methyl sites for hydroxylation is 1. The van der Waals surface area contributed by atoms with E-state index in [1.165, 1.54) is 5.56 Å². The number of nitrogens with one attached hydrogen (secondary N) is 1. The molecule has 1 aromatic carbocycles. The van der Waals surface area contributed by atoms with Crippen LogP contribution in [0.5, 0.6) is 5.75 Å². The lowest BCUT2D eigenvalue weighted by molar-refractivity contribution is 0.327. The van der Waals surface area contributed by atoms with Gasteiger partial charge in [0.2, 0.25) is 0 Å². The fourth-order valence-electron chi connectivity index (χ4n) is 3.13. The van der Waals surface area contributed by atoms with Gasteiger partial charge >= 0.3 is 0 Å². The van der Waals surface area contributed by atoms with Crippen LogP contribution in [0.2, 0.25) is 0 Å². The number of ether oxygens (including phenoxy) is 1. The molecule has 1 aliphatic heterocycles. The van der Waals surface area contributed by atoms with E-state index in [4.69, 9.17) is 9.73 Å². The van der Waals surface area contributed by atoms with Crippen molar-refractivity contribution in [1.29, 1.82) is 0 Å². The summed E-state index contributed by atoms with van der Waals surface area (Å²) in [6.45, 7) is 6.20. The van der Waals surface area contributed by atoms with Gasteiger partial charge in [0.1, 0.15) is 12.4 Å². The van der Waals surface area contributed by atoms with Crippen molar-refractivity contribution >= 4 is 29.9 Å². The van der Waals surface area contributed by atoms with Gasteiger partial charge in [0.05, 0.1) is 12.7 Å². The van der Waals surface area contributed by atoms with Crippen LogP contribution in [0.3, 0.4) is 0 Å². The van der Waals surface area contributed by atoms with Crippen LogP contribution in [0.1, 0.15) is 24.8 Å². The Kier molecular flexibility index (Phi) is 8.21. The molecule has 0 spiro atoms. The van der Waals surface area contributed by atoms with Crippen molar-refractivity contribution in [3.05, 3.63) is 48.3 Å². The Labute approximate surface area is 172 Å². The molecule has 2 aromatic rings. The number of guanidine groups is 1. The number of rotatable bonds is 6. The highest BCUT2D eigenvalue weighted by molar-refractivity contribution is 14.0. The standard InChI is InChI=1S/C19H27N5O.HI/c1-3-20-19(21-10-12-25-18-7-5-4-6-8-18)24-11-9-16(15-24)17-13-22-23(2)14-17;/h4-8,13-14,16H,3,9-12,15H2,1-2H3,(H,20,21);1H. The third-order valence-electron chi connectivity index (χ3n) is 4.38. The minimum absolute atomic E-state index is 0. The first-order chi connectivity index (χ1) is 12.3. The molecule has 0 saturated carbocycles. The summed E-state index contributed by atoms with van der Waals surface area (Å²) in [5, 5.41) is 7.69. The van der Waals surface area contributed by atoms with Gasteiger partial charge in [-0.1, -0.05) is 18.2 Å². The van der Waals surface area contributed by atoms with Crippen LogP contribution >= 0.6 is 24.0 Å². The molecule has 1 aromatic heterocycles. The Balaban J connectivity index is 0.00000243. The molecule has 1 N–H and O–H groups in total. The Morgan fingerprint density at radius 1 is 1.35 bits per heavy atom. The van der Waals surface area contributed by atoms with Crippen molar-refractivity contribution in [3.8, 4) is 5.75 Å². The monoisotopic (exact) mass is 469 g/mol. The summed E-state index contributed by atoms with van der Waals surface area (Å²) < 4.78 is 7.60. The summed E-state index contributed by atoms with van der Waals surface area (Å²) in [5.41, 5.74) is 1.31. The molecule has 1 saturated heterocycles. The molecular weight excluding hydrogens is 441 g/mol. The van der Waals surface area contributed by atoms with Crippen LogP contribution in [0.4, 0.5) is 0 Å². The fraction of sp³-hybridized carbons (Fsp3) is 0.474. The predicted molar refractivity (Wildman–Crippen MR) is 115 cm³/mol. The normalized spacial score (nSPS) is 17.1. The highest BCUT2D eigenvalue weighted by Gasteiger charge is 2.26. The first kappa shape index (κ1) is 20.5. The molecule has 3 rings (SSSR count). The van der Waals surface area contributed by atoms with E-state index in [9.17, 15) is 0 Å². The van der Waals surface area contributed by atoms with Gasteiger partial charge < -0.3 is 15.0 Å². The largest absolute Gasteiger partial charge is 0.492 e. The molecule has 0 amide bonds. The lowest BCUT2D eigenvalue weighted by Gasteiger charge is -2.21. The average molecular weight is 469 g/mol. The van der Waals surface area contributed by atoms with Crippen LogP contribution < -0.4 is 10.1 Å². The topological polar surface area (TPSA) is 54.7 Å². The zero-order valence-corrected chi connectivity index (χ0v) is 17.8. The maximum absolute atomic E-state index is 5.73. The summed E-state index contributed by atoms with van der Waals surface area (Å²) in [6, 6.07) is 9.87. The van der Waals surface area contributed by atoms with Crippen LogP contribution in [-0.4, -0.2) is 53.4 Å². The minimum atomic E-state index is 0. The number of para-hydroxylation sites is 1. The lowest BCUT2D eigenvalue weighted by Crippen LogP contribution is -2.40. The van der Waals surface area contributed by atoms with Gasteiger partial charge in [0.25, 0.3) is 0 Å². The molecule has 0 aliphatic carbocycles. The quantitative estimate of drug-likeness (QED) is 0.306. The maximum Gasteiger partial charge on any atom is 0.194 e. The molecule has 1 unspecified atom stereocenters. The molecular formula is C19H28IN5O. The number of aromatic nitrogens is 2. The Morgan fingerprint density at radius 2 is 2.15 bits per heavy atom. The fourth-order valence-corrected chi connectivity index (χ4v) is 3.13. The van der Waals surface area contributed by atoms with Crippen molar-refractivity contribution < 1.29 is 4.74 Å². The van der Waals surface area contributed by atoms with E-state index in [-0.39, 0.29) is 24.0 Å². The molecule has 0 radical (unpaired) electrons. The highest BCUT2D eigenvalue weighted by Crippen LogP contribution is 2.26. The molecule has 0 bridgehead atoms. The van der Waals surface area contributed by atoms with Gasteiger partial charge in [-0.05, 0) is 31.0 Å². The van der Waals surface area contributed by atoms with E-state index in [2.05, 4.69) is 28.4 Å². The summed E-state index contributed by atoms with van der Waals surface area (Å²) in [4.78, 5) is 7.07. The summed E-state index contributed by atoms with van der Waals surface area (Å²) >= 11 is 0. The molecule has 142 valence electrons. The molecule has 6 nitrogen and oxygen atoms in total.